The summed E-state index contributed by atoms with van der Waals surface area (Å²) in [6.45, 7) is 3.45. The Bertz CT molecular complexity index is 124. The highest BCUT2D eigenvalue weighted by molar-refractivity contribution is 7.81. The van der Waals surface area contributed by atoms with Crippen LogP contribution >= 0.6 is 12.6 Å². The summed E-state index contributed by atoms with van der Waals surface area (Å²) < 4.78 is 0. The van der Waals surface area contributed by atoms with Crippen molar-refractivity contribution in [3.8, 4) is 0 Å². The number of hydrogen-bond acceptors (Lipinski definition) is 2. The lowest BCUT2D eigenvalue weighted by molar-refractivity contribution is 0.407. The second-order valence-corrected chi connectivity index (χ2v) is 3.98. The normalized spacial score (nSPS) is 56.7. The maximum Gasteiger partial charge on any atom is 0.0110 e. The molecule has 0 spiro atoms. The van der Waals surface area contributed by atoms with Crippen molar-refractivity contribution in [3.63, 3.8) is 0 Å². The molecule has 2 heteroatoms. The van der Waals surface area contributed by atoms with Gasteiger partial charge in [-0.1, -0.05) is 6.92 Å². The van der Waals surface area contributed by atoms with Crippen molar-refractivity contribution >= 4 is 12.6 Å². The predicted octanol–water partition coefficient (Wildman–Crippen LogP) is 0.913. The molecular weight excluding hydrogens is 130 g/mol. The maximum absolute atomic E-state index is 4.55. The summed E-state index contributed by atoms with van der Waals surface area (Å²) in [5, 5.41) is 4.16. The SMILES string of the molecule is CC1CNC2CC2C1S. The van der Waals surface area contributed by atoms with E-state index in [1.807, 2.05) is 0 Å². The molecule has 1 saturated heterocycles. The molecule has 9 heavy (non-hydrogen) atoms. The number of fused-ring (bicyclic) bond motifs is 1. The standard InChI is InChI=1S/C7H13NS/c1-4-3-8-6-2-5(6)7(4)9/h4-9H,2-3H2,1H3. The molecule has 4 atom stereocenters. The van der Waals surface area contributed by atoms with Crippen molar-refractivity contribution in [2.24, 2.45) is 11.8 Å². The fourth-order valence-electron chi connectivity index (χ4n) is 1.71. The van der Waals surface area contributed by atoms with Crippen molar-refractivity contribution in [1.82, 2.24) is 5.32 Å². The largest absolute Gasteiger partial charge is 0.313 e. The molecule has 52 valence electrons. The Morgan fingerprint density at radius 2 is 2.33 bits per heavy atom. The van der Waals surface area contributed by atoms with Crippen LogP contribution in [0.3, 0.4) is 0 Å². The van der Waals surface area contributed by atoms with Crippen LogP contribution in [0.25, 0.3) is 0 Å². The van der Waals surface area contributed by atoms with Crippen LogP contribution in [0.4, 0.5) is 0 Å². The molecule has 1 saturated carbocycles. The lowest BCUT2D eigenvalue weighted by Gasteiger charge is -2.24. The van der Waals surface area contributed by atoms with Crippen molar-refractivity contribution in [2.45, 2.75) is 24.6 Å². The van der Waals surface area contributed by atoms with E-state index in [0.717, 1.165) is 17.9 Å². The Labute approximate surface area is 61.6 Å². The van der Waals surface area contributed by atoms with Crippen LogP contribution in [0, 0.1) is 11.8 Å². The first-order chi connectivity index (χ1) is 4.29. The number of nitrogens with one attached hydrogen (secondary N) is 1. The van der Waals surface area contributed by atoms with Crippen molar-refractivity contribution < 1.29 is 0 Å². The molecular formula is C7H13NS. The minimum Gasteiger partial charge on any atom is -0.313 e. The van der Waals surface area contributed by atoms with E-state index in [1.54, 1.807) is 0 Å². The first-order valence-corrected chi connectivity index (χ1v) is 4.22. The minimum atomic E-state index is 0.677. The fourth-order valence-corrected chi connectivity index (χ4v) is 2.14. The highest BCUT2D eigenvalue weighted by Crippen LogP contribution is 2.42. The molecule has 2 aliphatic rings. The number of hydrogen-bond donors (Lipinski definition) is 2. The van der Waals surface area contributed by atoms with Crippen LogP contribution in [-0.4, -0.2) is 17.8 Å². The van der Waals surface area contributed by atoms with Gasteiger partial charge in [0.1, 0.15) is 0 Å². The summed E-state index contributed by atoms with van der Waals surface area (Å²) in [6, 6.07) is 0.837. The van der Waals surface area contributed by atoms with E-state index < -0.39 is 0 Å². The third kappa shape index (κ3) is 0.887. The Morgan fingerprint density at radius 1 is 1.56 bits per heavy atom. The smallest absolute Gasteiger partial charge is 0.0110 e. The number of piperidine rings is 1. The monoisotopic (exact) mass is 143 g/mol. The van der Waals surface area contributed by atoms with E-state index in [2.05, 4.69) is 24.9 Å². The van der Waals surface area contributed by atoms with Gasteiger partial charge in [0.15, 0.2) is 0 Å². The summed E-state index contributed by atoms with van der Waals surface area (Å²) in [5.74, 6) is 1.68. The average Bonchev–Trinajstić information content (AvgIpc) is 2.58. The molecule has 0 aromatic rings. The van der Waals surface area contributed by atoms with E-state index in [4.69, 9.17) is 0 Å². The van der Waals surface area contributed by atoms with E-state index in [9.17, 15) is 0 Å². The Balaban J connectivity index is 2.02. The summed E-state index contributed by atoms with van der Waals surface area (Å²) in [6.07, 6.45) is 1.37. The van der Waals surface area contributed by atoms with E-state index in [-0.39, 0.29) is 0 Å². The predicted molar refractivity (Wildman–Crippen MR) is 41.8 cm³/mol. The topological polar surface area (TPSA) is 12.0 Å². The molecule has 2 fully saturated rings. The average molecular weight is 143 g/mol. The second-order valence-electron chi connectivity index (χ2n) is 3.38. The van der Waals surface area contributed by atoms with Crippen molar-refractivity contribution in [3.05, 3.63) is 0 Å². The Kier molecular flexibility index (Phi) is 1.27. The first-order valence-electron chi connectivity index (χ1n) is 3.70. The van der Waals surface area contributed by atoms with E-state index >= 15 is 0 Å². The number of rotatable bonds is 0. The fraction of sp³-hybridized carbons (Fsp3) is 1.00. The Morgan fingerprint density at radius 3 is 3.00 bits per heavy atom. The van der Waals surface area contributed by atoms with Gasteiger partial charge in [0.05, 0.1) is 0 Å². The lowest BCUT2D eigenvalue weighted by atomic mass is 10.0. The summed E-state index contributed by atoms with van der Waals surface area (Å²) in [7, 11) is 0. The maximum atomic E-state index is 4.55. The van der Waals surface area contributed by atoms with Crippen LogP contribution in [0.5, 0.6) is 0 Å². The van der Waals surface area contributed by atoms with Gasteiger partial charge < -0.3 is 5.32 Å². The zero-order valence-electron chi connectivity index (χ0n) is 5.67. The molecule has 0 amide bonds. The quantitative estimate of drug-likeness (QED) is 0.480. The molecule has 1 aliphatic heterocycles. The van der Waals surface area contributed by atoms with Gasteiger partial charge in [-0.2, -0.15) is 12.6 Å². The van der Waals surface area contributed by atoms with Gasteiger partial charge in [-0.15, -0.1) is 0 Å². The summed E-state index contributed by atoms with van der Waals surface area (Å²) >= 11 is 4.55. The highest BCUT2D eigenvalue weighted by atomic mass is 32.1. The van der Waals surface area contributed by atoms with Crippen LogP contribution < -0.4 is 5.32 Å². The van der Waals surface area contributed by atoms with Gasteiger partial charge in [0.25, 0.3) is 0 Å². The van der Waals surface area contributed by atoms with Gasteiger partial charge in [-0.25, -0.2) is 0 Å². The van der Waals surface area contributed by atoms with Crippen LogP contribution in [-0.2, 0) is 0 Å². The Hall–Kier alpha value is 0.310. The first kappa shape index (κ1) is 6.05. The van der Waals surface area contributed by atoms with Gasteiger partial charge >= 0.3 is 0 Å². The molecule has 0 bridgehead atoms. The zero-order valence-corrected chi connectivity index (χ0v) is 6.57. The third-order valence-electron chi connectivity index (χ3n) is 2.56. The van der Waals surface area contributed by atoms with Gasteiger partial charge in [-0.3, -0.25) is 0 Å². The highest BCUT2D eigenvalue weighted by Gasteiger charge is 2.46. The van der Waals surface area contributed by atoms with Gasteiger partial charge in [0, 0.05) is 11.3 Å². The van der Waals surface area contributed by atoms with E-state index in [1.165, 1.54) is 13.0 Å². The molecule has 0 radical (unpaired) electrons. The molecule has 4 unspecified atom stereocenters. The molecule has 0 aromatic heterocycles. The molecule has 0 aromatic carbocycles. The summed E-state index contributed by atoms with van der Waals surface area (Å²) in [4.78, 5) is 0. The third-order valence-corrected chi connectivity index (χ3v) is 3.46. The van der Waals surface area contributed by atoms with Gasteiger partial charge in [0.2, 0.25) is 0 Å². The second kappa shape index (κ2) is 1.89. The van der Waals surface area contributed by atoms with Crippen LogP contribution in [0.15, 0.2) is 0 Å². The summed E-state index contributed by atoms with van der Waals surface area (Å²) in [5.41, 5.74) is 0. The zero-order chi connectivity index (χ0) is 6.43. The molecule has 1 aliphatic carbocycles. The molecule has 1 N–H and O–H groups in total. The van der Waals surface area contributed by atoms with E-state index in [0.29, 0.717) is 5.25 Å². The van der Waals surface area contributed by atoms with Gasteiger partial charge in [-0.05, 0) is 24.8 Å². The molecule has 1 nitrogen and oxygen atoms in total. The van der Waals surface area contributed by atoms with Crippen LogP contribution in [0.1, 0.15) is 13.3 Å². The number of thiol groups is 1. The van der Waals surface area contributed by atoms with Crippen molar-refractivity contribution in [2.75, 3.05) is 6.54 Å². The minimum absolute atomic E-state index is 0.677. The molecule has 2 rings (SSSR count). The molecule has 1 heterocycles. The van der Waals surface area contributed by atoms with Crippen LogP contribution in [0.2, 0.25) is 0 Å². The lowest BCUT2D eigenvalue weighted by Crippen LogP contribution is -2.37. The van der Waals surface area contributed by atoms with Crippen molar-refractivity contribution in [1.29, 1.82) is 0 Å².